The Kier molecular flexibility index (Phi) is 19.1. The highest BCUT2D eigenvalue weighted by Gasteiger charge is 2.38. The third-order valence-corrected chi connectivity index (χ3v) is 11.1. The SMILES string of the molecule is NC(=O)c1cc(C(=O)N(CCOCCOCCOCCNC(=O)c2ccc3ccccc3c2)[C@H]2COC(=O)[C@@H](NC(=O)c3cccc(O)c3O)COC(=O)[C@@H](NC(=O)c3cccc(O)c3O)COC2=O)cc(O)c1O. The van der Waals surface area contributed by atoms with Gasteiger partial charge in [0.25, 0.3) is 29.5 Å². The van der Waals surface area contributed by atoms with Crippen molar-refractivity contribution in [3.05, 3.63) is 119 Å². The monoisotopic (exact) mass is 1040 g/mol. The van der Waals surface area contributed by atoms with Crippen LogP contribution in [-0.4, -0.2) is 174 Å². The van der Waals surface area contributed by atoms with Gasteiger partial charge in [-0.2, -0.15) is 0 Å². The number of ether oxygens (including phenoxy) is 6. The van der Waals surface area contributed by atoms with Gasteiger partial charge >= 0.3 is 17.9 Å². The first-order chi connectivity index (χ1) is 35.9. The molecule has 5 aromatic rings. The van der Waals surface area contributed by atoms with Crippen LogP contribution in [0.1, 0.15) is 51.8 Å². The maximum Gasteiger partial charge on any atom is 0.332 e. The summed E-state index contributed by atoms with van der Waals surface area (Å²) in [4.78, 5) is 108. The number of carbonyl (C=O) groups is 8. The second-order valence-electron chi connectivity index (χ2n) is 16.2. The standard InChI is InChI=1S/C50H51N5O20/c51-43(62)33-22-30(23-39(58)42(33)61)47(66)55(14-16-71-18-20-72-19-17-70-15-13-52-44(63)29-12-11-27-5-1-2-6-28(27)21-29)36-26-75-49(68)34(53-45(64)31-7-3-9-37(56)40(31)59)24-73-48(67)35(25-74-50(36)69)54-46(65)32-8-4-10-38(57)41(32)60/h1-12,21-23,34-36,56-61H,13-20,24-26H2,(H2,51,62)(H,52,63)(H,53,64)(H,54,65)/t34-,35-,36-/m0/s1. The Hall–Kier alpha value is -9.20. The van der Waals surface area contributed by atoms with Crippen molar-refractivity contribution < 1.29 is 97.4 Å². The van der Waals surface area contributed by atoms with Crippen LogP contribution in [0.4, 0.5) is 0 Å². The van der Waals surface area contributed by atoms with Gasteiger partial charge in [0.05, 0.1) is 56.3 Å². The van der Waals surface area contributed by atoms with E-state index < -0.39 is 149 Å². The van der Waals surface area contributed by atoms with Crippen LogP contribution in [0.25, 0.3) is 10.8 Å². The molecule has 0 radical (unpaired) electrons. The van der Waals surface area contributed by atoms with Gasteiger partial charge in [-0.25, -0.2) is 14.4 Å². The van der Waals surface area contributed by atoms with Crippen LogP contribution in [0, 0.1) is 0 Å². The number of esters is 3. The van der Waals surface area contributed by atoms with Crippen molar-refractivity contribution >= 4 is 58.2 Å². The van der Waals surface area contributed by atoms with E-state index in [-0.39, 0.29) is 45.5 Å². The number of fused-ring (bicyclic) bond motifs is 1. The fraction of sp³-hybridized carbons (Fsp3) is 0.280. The van der Waals surface area contributed by atoms with Crippen molar-refractivity contribution in [1.29, 1.82) is 0 Å². The molecule has 0 spiro atoms. The number of phenolic OH excluding ortho intramolecular Hbond substituents is 5. The number of amides is 5. The lowest BCUT2D eigenvalue weighted by molar-refractivity contribution is -0.163. The summed E-state index contributed by atoms with van der Waals surface area (Å²) in [5, 5.41) is 70.5. The van der Waals surface area contributed by atoms with Gasteiger partial charge in [-0.05, 0) is 59.3 Å². The van der Waals surface area contributed by atoms with E-state index in [0.29, 0.717) is 5.56 Å². The van der Waals surface area contributed by atoms with E-state index in [1.807, 2.05) is 30.3 Å². The number of para-hydroxylation sites is 2. The van der Waals surface area contributed by atoms with E-state index in [9.17, 15) is 69.0 Å². The lowest BCUT2D eigenvalue weighted by Crippen LogP contribution is -2.54. The van der Waals surface area contributed by atoms with Gasteiger partial charge in [0.15, 0.2) is 52.6 Å². The van der Waals surface area contributed by atoms with Crippen LogP contribution in [-0.2, 0) is 42.8 Å². The molecule has 1 aliphatic rings. The van der Waals surface area contributed by atoms with E-state index in [0.717, 1.165) is 52.1 Å². The fourth-order valence-electron chi connectivity index (χ4n) is 7.18. The minimum absolute atomic E-state index is 0.00996. The summed E-state index contributed by atoms with van der Waals surface area (Å²) in [7, 11) is 0. The predicted molar refractivity (Wildman–Crippen MR) is 257 cm³/mol. The first kappa shape index (κ1) is 55.1. The summed E-state index contributed by atoms with van der Waals surface area (Å²) in [5.74, 6) is -14.5. The fourth-order valence-corrected chi connectivity index (χ4v) is 7.18. The average molecular weight is 1040 g/mol. The molecule has 25 heteroatoms. The Balaban J connectivity index is 1.15. The molecule has 5 aromatic carbocycles. The second kappa shape index (κ2) is 26.0. The molecule has 0 aliphatic carbocycles. The molecule has 11 N–H and O–H groups in total. The molecular weight excluding hydrogens is 991 g/mol. The van der Waals surface area contributed by atoms with Gasteiger partial charge in [-0.15, -0.1) is 0 Å². The lowest BCUT2D eigenvalue weighted by Gasteiger charge is -2.31. The van der Waals surface area contributed by atoms with Gasteiger partial charge in [0.2, 0.25) is 0 Å². The number of nitrogens with zero attached hydrogens (tertiary/aromatic N) is 1. The largest absolute Gasteiger partial charge is 0.504 e. The summed E-state index contributed by atoms with van der Waals surface area (Å²) < 4.78 is 32.8. The van der Waals surface area contributed by atoms with Crippen LogP contribution in [0.15, 0.2) is 91.0 Å². The Labute approximate surface area is 425 Å². The maximum absolute atomic E-state index is 14.4. The molecule has 3 atom stereocenters. The normalized spacial score (nSPS) is 16.0. The third kappa shape index (κ3) is 14.5. The zero-order chi connectivity index (χ0) is 54.2. The van der Waals surface area contributed by atoms with E-state index in [4.69, 9.17) is 34.2 Å². The summed E-state index contributed by atoms with van der Waals surface area (Å²) >= 11 is 0. The number of phenols is 6. The van der Waals surface area contributed by atoms with Crippen LogP contribution in [0.2, 0.25) is 0 Å². The summed E-state index contributed by atoms with van der Waals surface area (Å²) in [5.41, 5.74) is 3.52. The Morgan fingerprint density at radius 3 is 1.64 bits per heavy atom. The smallest absolute Gasteiger partial charge is 0.332 e. The predicted octanol–water partition coefficient (Wildman–Crippen LogP) is 0.703. The highest BCUT2D eigenvalue weighted by Crippen LogP contribution is 2.32. The number of benzene rings is 5. The van der Waals surface area contributed by atoms with Crippen molar-refractivity contribution in [1.82, 2.24) is 20.9 Å². The maximum atomic E-state index is 14.4. The molecule has 75 heavy (non-hydrogen) atoms. The van der Waals surface area contributed by atoms with E-state index in [2.05, 4.69) is 16.0 Å². The number of aromatic hydroxyl groups is 6. The number of hydrogen-bond acceptors (Lipinski definition) is 20. The van der Waals surface area contributed by atoms with Crippen molar-refractivity contribution in [2.24, 2.45) is 5.73 Å². The number of rotatable bonds is 20. The molecule has 0 bridgehead atoms. The molecule has 1 aliphatic heterocycles. The molecule has 6 rings (SSSR count). The van der Waals surface area contributed by atoms with Gasteiger partial charge in [0, 0.05) is 24.2 Å². The molecule has 1 fully saturated rings. The topological polar surface area (TPSA) is 379 Å². The average Bonchev–Trinajstić information content (AvgIpc) is 3.39. The first-order valence-electron chi connectivity index (χ1n) is 22.8. The zero-order valence-corrected chi connectivity index (χ0v) is 39.6. The van der Waals surface area contributed by atoms with E-state index in [1.165, 1.54) is 12.1 Å². The summed E-state index contributed by atoms with van der Waals surface area (Å²) in [6.07, 6.45) is 0. The number of carbonyl (C=O) groups excluding carboxylic acids is 8. The Morgan fingerprint density at radius 2 is 1.05 bits per heavy atom. The first-order valence-corrected chi connectivity index (χ1v) is 22.8. The molecule has 0 saturated carbocycles. The van der Waals surface area contributed by atoms with Crippen LogP contribution in [0.5, 0.6) is 34.5 Å². The zero-order valence-electron chi connectivity index (χ0n) is 39.6. The van der Waals surface area contributed by atoms with Crippen LogP contribution in [0.3, 0.4) is 0 Å². The minimum Gasteiger partial charge on any atom is -0.504 e. The van der Waals surface area contributed by atoms with Gasteiger partial charge < -0.3 is 85.6 Å². The number of cyclic esters (lactones) is 3. The third-order valence-electron chi connectivity index (χ3n) is 11.1. The van der Waals surface area contributed by atoms with Crippen molar-refractivity contribution in [2.75, 3.05) is 72.6 Å². The highest BCUT2D eigenvalue weighted by atomic mass is 16.6. The molecule has 1 heterocycles. The molecule has 5 amide bonds. The number of hydrogen-bond donors (Lipinski definition) is 10. The minimum atomic E-state index is -2.02. The van der Waals surface area contributed by atoms with Gasteiger partial charge in [-0.3, -0.25) is 24.0 Å². The summed E-state index contributed by atoms with van der Waals surface area (Å²) in [6.45, 7) is -3.59. The number of primary amides is 1. The number of nitrogens with two attached hydrogens (primary N) is 1. The van der Waals surface area contributed by atoms with Crippen LogP contribution < -0.4 is 21.7 Å². The number of nitrogens with one attached hydrogen (secondary N) is 3. The van der Waals surface area contributed by atoms with Crippen molar-refractivity contribution in [2.45, 2.75) is 18.1 Å². The Bertz CT molecular complexity index is 2890. The molecule has 0 aromatic heterocycles. The Morgan fingerprint density at radius 1 is 0.533 bits per heavy atom. The second-order valence-corrected chi connectivity index (χ2v) is 16.2. The van der Waals surface area contributed by atoms with E-state index in [1.54, 1.807) is 12.1 Å². The lowest BCUT2D eigenvalue weighted by atomic mass is 10.1. The molecule has 25 nitrogen and oxygen atoms in total. The molecule has 1 saturated heterocycles. The van der Waals surface area contributed by atoms with Gasteiger partial charge in [-0.1, -0.05) is 42.5 Å². The highest BCUT2D eigenvalue weighted by molar-refractivity contribution is 6.04. The quantitative estimate of drug-likeness (QED) is 0.0222. The van der Waals surface area contributed by atoms with E-state index >= 15 is 0 Å². The molecule has 0 unspecified atom stereocenters. The molecule has 396 valence electrons. The van der Waals surface area contributed by atoms with Crippen molar-refractivity contribution in [3.8, 4) is 34.5 Å². The summed E-state index contributed by atoms with van der Waals surface area (Å²) in [6, 6.07) is 15.2. The van der Waals surface area contributed by atoms with Gasteiger partial charge in [0.1, 0.15) is 19.8 Å². The van der Waals surface area contributed by atoms with Crippen molar-refractivity contribution in [3.63, 3.8) is 0 Å². The van der Waals surface area contributed by atoms with Crippen LogP contribution >= 0.6 is 0 Å². The molecular formula is C50H51N5O20.